The van der Waals surface area contributed by atoms with E-state index < -0.39 is 5.54 Å². The molecule has 1 heterocycles. The average Bonchev–Trinajstić information content (AvgIpc) is 2.51. The molecule has 5 heteroatoms. The van der Waals surface area contributed by atoms with Crippen molar-refractivity contribution in [1.29, 1.82) is 0 Å². The Balaban J connectivity index is 2.11. The second-order valence-corrected chi connectivity index (χ2v) is 7.54. The quantitative estimate of drug-likeness (QED) is 0.889. The molecule has 1 N–H and O–H groups in total. The lowest BCUT2D eigenvalue weighted by Gasteiger charge is -2.42. The summed E-state index contributed by atoms with van der Waals surface area (Å²) in [6.07, 6.45) is 1.63. The third-order valence-corrected chi connectivity index (χ3v) is 5.39. The van der Waals surface area contributed by atoms with Gasteiger partial charge in [0.1, 0.15) is 5.54 Å². The molecule has 5 nitrogen and oxygen atoms in total. The summed E-state index contributed by atoms with van der Waals surface area (Å²) in [5.74, 6) is -0.0137. The van der Waals surface area contributed by atoms with Crippen LogP contribution in [0.25, 0.3) is 0 Å². The molecule has 1 aromatic rings. The van der Waals surface area contributed by atoms with Crippen molar-refractivity contribution in [2.45, 2.75) is 52.5 Å². The number of amides is 1. The van der Waals surface area contributed by atoms with Gasteiger partial charge in [-0.1, -0.05) is 17.7 Å². The number of nitrogens with zero attached hydrogens (tertiary/aromatic N) is 2. The van der Waals surface area contributed by atoms with Gasteiger partial charge in [-0.3, -0.25) is 9.59 Å². The van der Waals surface area contributed by atoms with E-state index in [4.69, 9.17) is 0 Å². The van der Waals surface area contributed by atoms with Crippen molar-refractivity contribution in [1.82, 2.24) is 15.3 Å². The highest BCUT2D eigenvalue weighted by Gasteiger charge is 2.40. The Kier molecular flexibility index (Phi) is 6.01. The maximum absolute atomic E-state index is 12.7. The average molecular weight is 345 g/mol. The molecule has 0 aromatic heterocycles. The number of piperidine rings is 1. The van der Waals surface area contributed by atoms with Crippen molar-refractivity contribution < 1.29 is 9.59 Å². The van der Waals surface area contributed by atoms with Crippen LogP contribution in [0.5, 0.6) is 0 Å². The van der Waals surface area contributed by atoms with Gasteiger partial charge in [0, 0.05) is 27.2 Å². The van der Waals surface area contributed by atoms with E-state index in [1.165, 1.54) is 5.56 Å². The molecule has 25 heavy (non-hydrogen) atoms. The molecule has 1 aliphatic heterocycles. The number of carbonyl (C=O) groups excluding carboxylic acids is 2. The number of hydrogen-bond acceptors (Lipinski definition) is 4. The minimum absolute atomic E-state index is 0.0524. The van der Waals surface area contributed by atoms with Gasteiger partial charge < -0.3 is 5.32 Å². The fourth-order valence-corrected chi connectivity index (χ4v) is 3.80. The third-order valence-electron chi connectivity index (χ3n) is 5.39. The van der Waals surface area contributed by atoms with Gasteiger partial charge in [-0.2, -0.15) is 0 Å². The lowest BCUT2D eigenvalue weighted by Crippen LogP contribution is -2.61. The molecule has 1 fully saturated rings. The Hall–Kier alpha value is -1.72. The van der Waals surface area contributed by atoms with Gasteiger partial charge in [-0.25, -0.2) is 10.0 Å². The fourth-order valence-electron chi connectivity index (χ4n) is 3.80. The summed E-state index contributed by atoms with van der Waals surface area (Å²) in [6, 6.07) is 4.21. The molecule has 0 spiro atoms. The van der Waals surface area contributed by atoms with E-state index in [0.29, 0.717) is 19.3 Å². The first-order valence-electron chi connectivity index (χ1n) is 8.95. The number of aryl methyl sites for hydroxylation is 3. The molecule has 1 aromatic carbocycles. The van der Waals surface area contributed by atoms with Crippen LogP contribution < -0.4 is 5.32 Å². The van der Waals surface area contributed by atoms with E-state index in [-0.39, 0.29) is 11.7 Å². The van der Waals surface area contributed by atoms with Crippen LogP contribution in [0.15, 0.2) is 12.1 Å². The summed E-state index contributed by atoms with van der Waals surface area (Å²) in [4.78, 5) is 25.0. The predicted octanol–water partition coefficient (Wildman–Crippen LogP) is 2.17. The summed E-state index contributed by atoms with van der Waals surface area (Å²) in [6.45, 7) is 9.28. The molecule has 0 aliphatic carbocycles. The number of ketones is 1. The Bertz CT molecular complexity index is 636. The van der Waals surface area contributed by atoms with E-state index >= 15 is 0 Å². The molecule has 1 amide bonds. The molecule has 1 saturated heterocycles. The number of benzene rings is 1. The van der Waals surface area contributed by atoms with Crippen LogP contribution in [-0.4, -0.2) is 54.4 Å². The van der Waals surface area contributed by atoms with Crippen LogP contribution in [0.2, 0.25) is 0 Å². The minimum atomic E-state index is -0.726. The van der Waals surface area contributed by atoms with Gasteiger partial charge in [0.15, 0.2) is 5.78 Å². The summed E-state index contributed by atoms with van der Waals surface area (Å²) in [5.41, 5.74) is 3.80. The standard InChI is InChI=1S/C20H31N3O2/c1-14-11-15(2)18(16(3)12-14)13-19(25)21-20(17(4)24)7-9-23(10-8-20)22(5)6/h11-12H,7-10,13H2,1-6H3,(H,21,25). The molecule has 0 saturated carbocycles. The molecule has 0 unspecified atom stereocenters. The van der Waals surface area contributed by atoms with Gasteiger partial charge >= 0.3 is 0 Å². The second kappa shape index (κ2) is 7.67. The predicted molar refractivity (Wildman–Crippen MR) is 100 cm³/mol. The molecule has 1 aliphatic rings. The van der Waals surface area contributed by atoms with Crippen molar-refractivity contribution in [2.24, 2.45) is 0 Å². The van der Waals surface area contributed by atoms with Crippen LogP contribution in [-0.2, 0) is 16.0 Å². The largest absolute Gasteiger partial charge is 0.343 e. The fraction of sp³-hybridized carbons (Fsp3) is 0.600. The zero-order valence-electron chi connectivity index (χ0n) is 16.4. The first kappa shape index (κ1) is 19.6. The molecule has 0 atom stereocenters. The summed E-state index contributed by atoms with van der Waals surface area (Å²) < 4.78 is 0. The van der Waals surface area contributed by atoms with E-state index in [9.17, 15) is 9.59 Å². The summed E-state index contributed by atoms with van der Waals surface area (Å²) in [5, 5.41) is 7.32. The lowest BCUT2D eigenvalue weighted by molar-refractivity contribution is -0.134. The van der Waals surface area contributed by atoms with E-state index in [0.717, 1.165) is 29.8 Å². The van der Waals surface area contributed by atoms with Gasteiger partial charge in [0.25, 0.3) is 0 Å². The SMILES string of the molecule is CC(=O)C1(NC(=O)Cc2c(C)cc(C)cc2C)CCN(N(C)C)CC1. The zero-order valence-corrected chi connectivity index (χ0v) is 16.4. The van der Waals surface area contributed by atoms with Gasteiger partial charge in [0.2, 0.25) is 5.91 Å². The zero-order chi connectivity index (χ0) is 18.8. The van der Waals surface area contributed by atoms with E-state index in [2.05, 4.69) is 29.4 Å². The van der Waals surface area contributed by atoms with Crippen LogP contribution in [0.3, 0.4) is 0 Å². The first-order chi connectivity index (χ1) is 11.6. The van der Waals surface area contributed by atoms with Crippen molar-refractivity contribution in [2.75, 3.05) is 27.2 Å². The summed E-state index contributed by atoms with van der Waals surface area (Å²) >= 11 is 0. The Morgan fingerprint density at radius 3 is 2.08 bits per heavy atom. The van der Waals surface area contributed by atoms with Crippen LogP contribution >= 0.6 is 0 Å². The number of hydrogen-bond donors (Lipinski definition) is 1. The van der Waals surface area contributed by atoms with Gasteiger partial charge in [0.05, 0.1) is 6.42 Å². The van der Waals surface area contributed by atoms with Crippen LogP contribution in [0.4, 0.5) is 0 Å². The van der Waals surface area contributed by atoms with Crippen molar-refractivity contribution in [3.8, 4) is 0 Å². The molecular formula is C20H31N3O2. The van der Waals surface area contributed by atoms with Gasteiger partial charge in [-0.15, -0.1) is 0 Å². The lowest BCUT2D eigenvalue weighted by atomic mass is 9.84. The molecule has 0 bridgehead atoms. The maximum Gasteiger partial charge on any atom is 0.225 e. The van der Waals surface area contributed by atoms with Crippen LogP contribution in [0.1, 0.15) is 42.0 Å². The molecule has 2 rings (SSSR count). The van der Waals surface area contributed by atoms with Crippen LogP contribution in [0, 0.1) is 20.8 Å². The van der Waals surface area contributed by atoms with Crippen molar-refractivity contribution in [3.05, 3.63) is 34.4 Å². The monoisotopic (exact) mass is 345 g/mol. The van der Waals surface area contributed by atoms with Crippen molar-refractivity contribution >= 4 is 11.7 Å². The Morgan fingerprint density at radius 2 is 1.64 bits per heavy atom. The summed E-state index contributed by atoms with van der Waals surface area (Å²) in [7, 11) is 4.00. The maximum atomic E-state index is 12.7. The highest BCUT2D eigenvalue weighted by molar-refractivity contribution is 5.92. The number of carbonyl (C=O) groups is 2. The van der Waals surface area contributed by atoms with Crippen molar-refractivity contribution in [3.63, 3.8) is 0 Å². The van der Waals surface area contributed by atoms with E-state index in [1.807, 2.05) is 33.0 Å². The smallest absolute Gasteiger partial charge is 0.225 e. The highest BCUT2D eigenvalue weighted by Crippen LogP contribution is 2.25. The molecular weight excluding hydrogens is 314 g/mol. The third kappa shape index (κ3) is 4.47. The number of Topliss-reactive ketones (excluding diaryl/α,β-unsaturated/α-hetero) is 1. The number of rotatable bonds is 5. The Morgan fingerprint density at radius 1 is 1.12 bits per heavy atom. The first-order valence-corrected chi connectivity index (χ1v) is 8.95. The molecule has 0 radical (unpaired) electrons. The van der Waals surface area contributed by atoms with Gasteiger partial charge in [-0.05, 0) is 57.2 Å². The normalized spacial score (nSPS) is 17.6. The number of nitrogens with one attached hydrogen (secondary N) is 1. The van der Waals surface area contributed by atoms with E-state index in [1.54, 1.807) is 6.92 Å². The number of hydrazine groups is 1. The minimum Gasteiger partial charge on any atom is -0.343 e. The topological polar surface area (TPSA) is 52.7 Å². The molecule has 138 valence electrons. The highest BCUT2D eigenvalue weighted by atomic mass is 16.2. The Labute approximate surface area is 151 Å². The second-order valence-electron chi connectivity index (χ2n) is 7.54.